The first-order chi connectivity index (χ1) is 14.6. The number of anilines is 1. The molecular formula is C25H42N4O2. The zero-order valence-electron chi connectivity index (χ0n) is 19.8. The number of fused-ring (bicyclic) bond motifs is 1. The van der Waals surface area contributed by atoms with E-state index in [1.165, 1.54) is 5.56 Å². The van der Waals surface area contributed by atoms with Crippen molar-refractivity contribution in [3.63, 3.8) is 0 Å². The Morgan fingerprint density at radius 2 is 1.90 bits per heavy atom. The topological polar surface area (TPSA) is 101 Å². The van der Waals surface area contributed by atoms with Gasteiger partial charge >= 0.3 is 0 Å². The fourth-order valence-corrected chi connectivity index (χ4v) is 4.41. The molecule has 1 aliphatic heterocycles. The Balaban J connectivity index is 1.88. The van der Waals surface area contributed by atoms with Gasteiger partial charge in [0.1, 0.15) is 0 Å². The molecule has 1 aromatic rings. The van der Waals surface area contributed by atoms with Gasteiger partial charge in [0, 0.05) is 43.2 Å². The highest BCUT2D eigenvalue weighted by Gasteiger charge is 2.32. The molecule has 2 amide bonds. The van der Waals surface area contributed by atoms with Crippen LogP contribution in [0.4, 0.5) is 5.69 Å². The molecule has 0 spiro atoms. The van der Waals surface area contributed by atoms with Crippen molar-refractivity contribution in [3.05, 3.63) is 29.8 Å². The van der Waals surface area contributed by atoms with Gasteiger partial charge in [-0.3, -0.25) is 9.59 Å². The molecule has 0 radical (unpaired) electrons. The molecule has 174 valence electrons. The predicted octanol–water partition coefficient (Wildman–Crippen LogP) is 3.37. The third kappa shape index (κ3) is 7.62. The van der Waals surface area contributed by atoms with E-state index in [1.54, 1.807) is 0 Å². The van der Waals surface area contributed by atoms with Crippen LogP contribution in [-0.2, 0) is 16.0 Å². The average Bonchev–Trinajstić information content (AvgIpc) is 2.72. The highest BCUT2D eigenvalue weighted by molar-refractivity contribution is 5.94. The number of amides is 2. The fourth-order valence-electron chi connectivity index (χ4n) is 4.41. The number of hydrogen-bond donors (Lipinski definition) is 3. The normalized spacial score (nSPS) is 16.9. The van der Waals surface area contributed by atoms with E-state index in [1.807, 2.05) is 30.0 Å². The molecule has 0 saturated carbocycles. The number of benzene rings is 1. The van der Waals surface area contributed by atoms with Crippen molar-refractivity contribution in [2.45, 2.75) is 84.7 Å². The molecule has 1 aromatic carbocycles. The predicted molar refractivity (Wildman–Crippen MR) is 128 cm³/mol. The van der Waals surface area contributed by atoms with E-state index in [9.17, 15) is 9.59 Å². The quantitative estimate of drug-likeness (QED) is 0.469. The summed E-state index contributed by atoms with van der Waals surface area (Å²) in [5, 5.41) is 2.96. The lowest BCUT2D eigenvalue weighted by Gasteiger charge is -2.35. The van der Waals surface area contributed by atoms with Crippen molar-refractivity contribution in [1.29, 1.82) is 0 Å². The van der Waals surface area contributed by atoms with Gasteiger partial charge in [-0.1, -0.05) is 52.3 Å². The summed E-state index contributed by atoms with van der Waals surface area (Å²) in [6, 6.07) is 7.62. The molecule has 31 heavy (non-hydrogen) atoms. The van der Waals surface area contributed by atoms with Gasteiger partial charge in [0.25, 0.3) is 0 Å². The van der Waals surface area contributed by atoms with E-state index in [0.717, 1.165) is 37.9 Å². The third-order valence-corrected chi connectivity index (χ3v) is 6.28. The van der Waals surface area contributed by atoms with Crippen molar-refractivity contribution < 1.29 is 9.59 Å². The minimum Gasteiger partial charge on any atom is -0.356 e. The van der Waals surface area contributed by atoms with Gasteiger partial charge in [0.05, 0.1) is 0 Å². The lowest BCUT2D eigenvalue weighted by Crippen LogP contribution is -2.47. The van der Waals surface area contributed by atoms with Crippen LogP contribution in [0.3, 0.4) is 0 Å². The van der Waals surface area contributed by atoms with E-state index in [-0.39, 0.29) is 35.2 Å². The molecule has 2 rings (SSSR count). The number of carbonyl (C=O) groups is 2. The van der Waals surface area contributed by atoms with Crippen LogP contribution in [0.15, 0.2) is 24.3 Å². The van der Waals surface area contributed by atoms with Gasteiger partial charge in [0.2, 0.25) is 11.8 Å². The highest BCUT2D eigenvalue weighted by atomic mass is 16.2. The second-order valence-electron chi connectivity index (χ2n) is 9.93. The van der Waals surface area contributed by atoms with E-state index in [4.69, 9.17) is 11.5 Å². The summed E-state index contributed by atoms with van der Waals surface area (Å²) >= 11 is 0. The summed E-state index contributed by atoms with van der Waals surface area (Å²) in [4.78, 5) is 27.3. The molecule has 1 heterocycles. The highest BCUT2D eigenvalue weighted by Crippen LogP contribution is 2.32. The van der Waals surface area contributed by atoms with Crippen LogP contribution >= 0.6 is 0 Å². The molecule has 6 nitrogen and oxygen atoms in total. The molecule has 0 unspecified atom stereocenters. The number of nitrogens with zero attached hydrogens (tertiary/aromatic N) is 1. The van der Waals surface area contributed by atoms with Crippen LogP contribution in [0.5, 0.6) is 0 Å². The van der Waals surface area contributed by atoms with Gasteiger partial charge in [-0.05, 0) is 49.1 Å². The molecule has 6 heteroatoms. The molecule has 5 N–H and O–H groups in total. The van der Waals surface area contributed by atoms with E-state index < -0.39 is 0 Å². The van der Waals surface area contributed by atoms with Crippen molar-refractivity contribution in [3.8, 4) is 0 Å². The molecule has 0 bridgehead atoms. The number of rotatable bonds is 11. The first-order valence-electron chi connectivity index (χ1n) is 11.8. The number of hydrogen-bond acceptors (Lipinski definition) is 4. The first kappa shape index (κ1) is 25.3. The van der Waals surface area contributed by atoms with Crippen LogP contribution in [-0.4, -0.2) is 37.0 Å². The van der Waals surface area contributed by atoms with E-state index in [0.29, 0.717) is 25.8 Å². The number of carbonyl (C=O) groups excluding carboxylic acids is 2. The van der Waals surface area contributed by atoms with Crippen LogP contribution in [0.1, 0.15) is 71.8 Å². The Hall–Kier alpha value is -1.92. The maximum atomic E-state index is 13.1. The van der Waals surface area contributed by atoms with Crippen LogP contribution < -0.4 is 21.7 Å². The minimum absolute atomic E-state index is 0.0364. The Morgan fingerprint density at radius 1 is 1.19 bits per heavy atom. The Labute approximate surface area is 188 Å². The standard InChI is InChI=1S/C25H42N4O2/c1-5-6-13-28-24(31)18(2)15-20(26)21(27)16-25(3,4)17-23(30)29-14-9-11-19-10-7-8-12-22(19)29/h7-8,10,12,18,20-21H,5-6,9,11,13-17,26-27H2,1-4H3,(H,28,31)/t18-,20+,21+/m1/s1. The van der Waals surface area contributed by atoms with Crippen molar-refractivity contribution in [2.24, 2.45) is 22.8 Å². The monoisotopic (exact) mass is 430 g/mol. The number of para-hydroxylation sites is 1. The molecule has 0 fully saturated rings. The zero-order chi connectivity index (χ0) is 23.0. The fraction of sp³-hybridized carbons (Fsp3) is 0.680. The third-order valence-electron chi connectivity index (χ3n) is 6.28. The lowest BCUT2D eigenvalue weighted by molar-refractivity contribution is -0.124. The van der Waals surface area contributed by atoms with Gasteiger partial charge in [-0.15, -0.1) is 0 Å². The van der Waals surface area contributed by atoms with Crippen LogP contribution in [0.2, 0.25) is 0 Å². The van der Waals surface area contributed by atoms with E-state index >= 15 is 0 Å². The number of aryl methyl sites for hydroxylation is 1. The summed E-state index contributed by atoms with van der Waals surface area (Å²) < 4.78 is 0. The van der Waals surface area contributed by atoms with Crippen molar-refractivity contribution >= 4 is 17.5 Å². The molecule has 0 aliphatic carbocycles. The average molecular weight is 431 g/mol. The van der Waals surface area contributed by atoms with Gasteiger partial charge in [-0.25, -0.2) is 0 Å². The molecular weight excluding hydrogens is 388 g/mol. The maximum absolute atomic E-state index is 13.1. The minimum atomic E-state index is -0.281. The van der Waals surface area contributed by atoms with Gasteiger partial charge in [-0.2, -0.15) is 0 Å². The molecule has 1 aliphatic rings. The lowest BCUT2D eigenvalue weighted by atomic mass is 9.79. The Kier molecular flexibility index (Phi) is 9.51. The maximum Gasteiger partial charge on any atom is 0.227 e. The van der Waals surface area contributed by atoms with Gasteiger partial charge in [0.15, 0.2) is 0 Å². The second kappa shape index (κ2) is 11.6. The summed E-state index contributed by atoms with van der Waals surface area (Å²) in [7, 11) is 0. The first-order valence-corrected chi connectivity index (χ1v) is 11.8. The molecule has 0 aromatic heterocycles. The molecule has 3 atom stereocenters. The smallest absolute Gasteiger partial charge is 0.227 e. The number of nitrogens with one attached hydrogen (secondary N) is 1. The van der Waals surface area contributed by atoms with E-state index in [2.05, 4.69) is 32.2 Å². The second-order valence-corrected chi connectivity index (χ2v) is 9.93. The Morgan fingerprint density at radius 3 is 2.61 bits per heavy atom. The molecule has 0 saturated heterocycles. The summed E-state index contributed by atoms with van der Waals surface area (Å²) in [5.41, 5.74) is 14.8. The van der Waals surface area contributed by atoms with Crippen LogP contribution in [0.25, 0.3) is 0 Å². The SMILES string of the molecule is CCCCNC(=O)[C@H](C)C[C@H](N)[C@@H](N)CC(C)(C)CC(=O)N1CCCc2ccccc21. The summed E-state index contributed by atoms with van der Waals surface area (Å²) in [6.07, 6.45) is 5.65. The van der Waals surface area contributed by atoms with Crippen molar-refractivity contribution in [2.75, 3.05) is 18.0 Å². The zero-order valence-corrected chi connectivity index (χ0v) is 19.8. The van der Waals surface area contributed by atoms with Crippen LogP contribution in [0, 0.1) is 11.3 Å². The Bertz CT molecular complexity index is 734. The number of unbranched alkanes of at least 4 members (excludes halogenated alkanes) is 1. The van der Waals surface area contributed by atoms with Crippen molar-refractivity contribution in [1.82, 2.24) is 5.32 Å². The largest absolute Gasteiger partial charge is 0.356 e. The number of nitrogens with two attached hydrogens (primary N) is 2. The van der Waals surface area contributed by atoms with Gasteiger partial charge < -0.3 is 21.7 Å². The summed E-state index contributed by atoms with van der Waals surface area (Å²) in [5.74, 6) is 0.00314. The summed E-state index contributed by atoms with van der Waals surface area (Å²) in [6.45, 7) is 9.62.